The van der Waals surface area contributed by atoms with Gasteiger partial charge in [-0.1, -0.05) is 0 Å². The second kappa shape index (κ2) is 4.08. The van der Waals surface area contributed by atoms with Crippen molar-refractivity contribution in [1.82, 2.24) is 9.21 Å². The monoisotopic (exact) mass is 270 g/mol. The molecule has 1 unspecified atom stereocenters. The molecule has 100 valence electrons. The molecular formula is C12H18N2O3S. The summed E-state index contributed by atoms with van der Waals surface area (Å²) in [4.78, 5) is 2.28. The van der Waals surface area contributed by atoms with E-state index in [2.05, 4.69) is 11.9 Å². The fraction of sp³-hybridized carbons (Fsp3) is 0.667. The highest BCUT2D eigenvalue weighted by molar-refractivity contribution is 7.89. The third kappa shape index (κ3) is 1.88. The van der Waals surface area contributed by atoms with Gasteiger partial charge < -0.3 is 9.32 Å². The average Bonchev–Trinajstić information content (AvgIpc) is 3.03. The van der Waals surface area contributed by atoms with Gasteiger partial charge in [0.25, 0.3) is 10.0 Å². The number of furan rings is 1. The summed E-state index contributed by atoms with van der Waals surface area (Å²) in [5.74, 6) is 0. The number of hydrogen-bond acceptors (Lipinski definition) is 4. The van der Waals surface area contributed by atoms with Gasteiger partial charge in [0.2, 0.25) is 5.09 Å². The Kier molecular flexibility index (Phi) is 2.76. The van der Waals surface area contributed by atoms with Crippen LogP contribution in [0.25, 0.3) is 0 Å². The number of hydrogen-bond donors (Lipinski definition) is 0. The summed E-state index contributed by atoms with van der Waals surface area (Å²) >= 11 is 0. The first kappa shape index (κ1) is 12.2. The van der Waals surface area contributed by atoms with E-state index < -0.39 is 10.0 Å². The maximum Gasteiger partial charge on any atom is 0.276 e. The molecule has 6 heteroatoms. The fourth-order valence-corrected chi connectivity index (χ4v) is 4.59. The van der Waals surface area contributed by atoms with Crippen LogP contribution in [0, 0.1) is 5.41 Å². The van der Waals surface area contributed by atoms with Gasteiger partial charge in [0, 0.05) is 19.6 Å². The Labute approximate surface area is 107 Å². The van der Waals surface area contributed by atoms with Crippen molar-refractivity contribution in [1.29, 1.82) is 0 Å². The van der Waals surface area contributed by atoms with Gasteiger partial charge in [0.1, 0.15) is 0 Å². The topological polar surface area (TPSA) is 53.8 Å². The van der Waals surface area contributed by atoms with E-state index in [9.17, 15) is 8.42 Å². The largest absolute Gasteiger partial charge is 0.452 e. The molecule has 0 amide bonds. The minimum Gasteiger partial charge on any atom is -0.452 e. The minimum atomic E-state index is -3.43. The van der Waals surface area contributed by atoms with Crippen LogP contribution in [0.4, 0.5) is 0 Å². The number of rotatable bonds is 2. The lowest BCUT2D eigenvalue weighted by Gasteiger charge is -2.23. The zero-order chi connectivity index (χ0) is 12.8. The molecule has 2 aliphatic rings. The molecule has 5 nitrogen and oxygen atoms in total. The molecule has 2 fully saturated rings. The molecule has 0 aromatic carbocycles. The van der Waals surface area contributed by atoms with Crippen molar-refractivity contribution in [3.05, 3.63) is 18.4 Å². The molecule has 1 aromatic heterocycles. The second-order valence-corrected chi connectivity index (χ2v) is 7.38. The summed E-state index contributed by atoms with van der Waals surface area (Å²) in [5, 5.41) is 0.0610. The normalized spacial score (nSPS) is 30.5. The van der Waals surface area contributed by atoms with Crippen molar-refractivity contribution < 1.29 is 12.8 Å². The molecule has 0 bridgehead atoms. The van der Waals surface area contributed by atoms with Crippen LogP contribution in [-0.4, -0.2) is 50.8 Å². The van der Waals surface area contributed by atoms with Crippen LogP contribution in [-0.2, 0) is 10.0 Å². The molecule has 3 heterocycles. The first-order valence-electron chi connectivity index (χ1n) is 6.24. The molecule has 1 spiro atoms. The third-order valence-electron chi connectivity index (χ3n) is 4.12. The lowest BCUT2D eigenvalue weighted by Crippen LogP contribution is -2.33. The summed E-state index contributed by atoms with van der Waals surface area (Å²) in [6, 6.07) is 3.13. The van der Waals surface area contributed by atoms with E-state index in [-0.39, 0.29) is 10.5 Å². The molecule has 1 aromatic rings. The van der Waals surface area contributed by atoms with Crippen LogP contribution >= 0.6 is 0 Å². The highest BCUT2D eigenvalue weighted by atomic mass is 32.2. The van der Waals surface area contributed by atoms with Crippen LogP contribution in [0.5, 0.6) is 0 Å². The molecule has 0 saturated carbocycles. The first-order valence-corrected chi connectivity index (χ1v) is 7.68. The number of sulfonamides is 1. The summed E-state index contributed by atoms with van der Waals surface area (Å²) < 4.78 is 31.3. The van der Waals surface area contributed by atoms with Crippen LogP contribution in [0.3, 0.4) is 0 Å². The van der Waals surface area contributed by atoms with Gasteiger partial charge in [-0.15, -0.1) is 0 Å². The highest BCUT2D eigenvalue weighted by Gasteiger charge is 2.46. The summed E-state index contributed by atoms with van der Waals surface area (Å²) in [7, 11) is -1.33. The smallest absolute Gasteiger partial charge is 0.276 e. The van der Waals surface area contributed by atoms with Crippen LogP contribution < -0.4 is 0 Å². The van der Waals surface area contributed by atoms with Crippen molar-refractivity contribution in [3.63, 3.8) is 0 Å². The van der Waals surface area contributed by atoms with Crippen molar-refractivity contribution >= 4 is 10.0 Å². The van der Waals surface area contributed by atoms with Gasteiger partial charge in [0.05, 0.1) is 6.26 Å². The Morgan fingerprint density at radius 2 is 2.06 bits per heavy atom. The average molecular weight is 270 g/mol. The Bertz CT molecular complexity index is 526. The molecular weight excluding hydrogens is 252 g/mol. The molecule has 2 aliphatic heterocycles. The Morgan fingerprint density at radius 1 is 1.28 bits per heavy atom. The van der Waals surface area contributed by atoms with E-state index in [1.54, 1.807) is 10.4 Å². The third-order valence-corrected chi connectivity index (χ3v) is 5.85. The first-order chi connectivity index (χ1) is 8.52. The summed E-state index contributed by atoms with van der Waals surface area (Å²) in [5.41, 5.74) is 0.161. The van der Waals surface area contributed by atoms with Crippen molar-refractivity contribution in [2.75, 3.05) is 33.2 Å². The van der Waals surface area contributed by atoms with Gasteiger partial charge >= 0.3 is 0 Å². The SMILES string of the molecule is CN1CCC2(CCN(S(=O)(=O)c3ccco3)C2)C1. The van der Waals surface area contributed by atoms with Gasteiger partial charge in [-0.3, -0.25) is 0 Å². The van der Waals surface area contributed by atoms with Crippen molar-refractivity contribution in [2.45, 2.75) is 17.9 Å². The Morgan fingerprint density at radius 3 is 2.67 bits per heavy atom. The molecule has 1 atom stereocenters. The van der Waals surface area contributed by atoms with E-state index in [0.29, 0.717) is 13.1 Å². The lowest BCUT2D eigenvalue weighted by atomic mass is 9.87. The van der Waals surface area contributed by atoms with E-state index in [4.69, 9.17) is 4.42 Å². The fourth-order valence-electron chi connectivity index (χ4n) is 3.13. The van der Waals surface area contributed by atoms with Crippen molar-refractivity contribution in [3.8, 4) is 0 Å². The molecule has 0 N–H and O–H groups in total. The van der Waals surface area contributed by atoms with E-state index in [1.165, 1.54) is 12.3 Å². The summed E-state index contributed by atoms with van der Waals surface area (Å²) in [6.07, 6.45) is 3.45. The molecule has 3 rings (SSSR count). The Hall–Kier alpha value is -0.850. The zero-order valence-corrected chi connectivity index (χ0v) is 11.3. The second-order valence-electron chi connectivity index (χ2n) is 5.51. The van der Waals surface area contributed by atoms with Gasteiger partial charge in [0.15, 0.2) is 0 Å². The standard InChI is InChI=1S/C12H18N2O3S/c1-13-6-4-12(9-13)5-7-14(10-12)18(15,16)11-3-2-8-17-11/h2-3,8H,4-7,9-10H2,1H3. The number of nitrogens with zero attached hydrogens (tertiary/aromatic N) is 2. The van der Waals surface area contributed by atoms with Gasteiger partial charge in [-0.05, 0) is 44.0 Å². The molecule has 0 aliphatic carbocycles. The molecule has 2 saturated heterocycles. The van der Waals surface area contributed by atoms with Gasteiger partial charge in [-0.25, -0.2) is 8.42 Å². The van der Waals surface area contributed by atoms with Crippen molar-refractivity contribution in [2.24, 2.45) is 5.41 Å². The highest BCUT2D eigenvalue weighted by Crippen LogP contribution is 2.40. The number of likely N-dealkylation sites (tertiary alicyclic amines) is 1. The predicted molar refractivity (Wildman–Crippen MR) is 66.6 cm³/mol. The van der Waals surface area contributed by atoms with E-state index in [1.807, 2.05) is 0 Å². The van der Waals surface area contributed by atoms with Gasteiger partial charge in [-0.2, -0.15) is 4.31 Å². The van der Waals surface area contributed by atoms with Crippen LogP contribution in [0.2, 0.25) is 0 Å². The Balaban J connectivity index is 1.80. The maximum absolute atomic E-state index is 12.3. The summed E-state index contributed by atoms with van der Waals surface area (Å²) in [6.45, 7) is 3.29. The zero-order valence-electron chi connectivity index (χ0n) is 10.5. The predicted octanol–water partition coefficient (Wildman–Crippen LogP) is 0.996. The quantitative estimate of drug-likeness (QED) is 0.804. The lowest BCUT2D eigenvalue weighted by molar-refractivity contribution is 0.292. The minimum absolute atomic E-state index is 0.0610. The van der Waals surface area contributed by atoms with E-state index >= 15 is 0 Å². The van der Waals surface area contributed by atoms with Crippen LogP contribution in [0.15, 0.2) is 27.9 Å². The van der Waals surface area contributed by atoms with E-state index in [0.717, 1.165) is 25.9 Å². The van der Waals surface area contributed by atoms with Crippen LogP contribution in [0.1, 0.15) is 12.8 Å². The maximum atomic E-state index is 12.3. The molecule has 0 radical (unpaired) electrons. The molecule has 18 heavy (non-hydrogen) atoms.